The fraction of sp³-hybridized carbons (Fsp3) is 0.857. The first-order chi connectivity index (χ1) is 61.2. The summed E-state index contributed by atoms with van der Waals surface area (Å²) < 4.78 is 16.2. The molecule has 129 heavy (non-hydrogen) atoms. The Morgan fingerprint density at radius 2 is 0.527 bits per heavy atom. The van der Waals surface area contributed by atoms with Crippen LogP contribution < -0.4 is 0 Å². The minimum absolute atomic E-state index is 0.323. The molecule has 0 bridgehead atoms. The van der Waals surface area contributed by atoms with E-state index < -0.39 is 0 Å². The van der Waals surface area contributed by atoms with E-state index in [1.807, 2.05) is 43.5 Å². The van der Waals surface area contributed by atoms with Crippen molar-refractivity contribution < 1.29 is 4.68 Å². The molecule has 0 saturated heterocycles. The van der Waals surface area contributed by atoms with Crippen LogP contribution in [0, 0.1) is 94.7 Å². The number of hydrogen-bond donors (Lipinski definition) is 0. The second-order valence-electron chi connectivity index (χ2n) is 44.0. The molecule has 7 aromatic rings. The molecule has 8 rings (SSSR count). The number of rotatable bonds is 57. The van der Waals surface area contributed by atoms with Crippen molar-refractivity contribution >= 4 is 6.21 Å². The Balaban J connectivity index is 0.000000738. The Morgan fingerprint density at radius 1 is 0.248 bits per heavy atom. The predicted molar refractivity (Wildman–Crippen MR) is 543 cm³/mol. The number of unbranched alkanes of at least 4 members (excludes halogenated alkanes) is 4. The van der Waals surface area contributed by atoms with Gasteiger partial charge >= 0.3 is 0 Å². The summed E-state index contributed by atoms with van der Waals surface area (Å²) in [5, 5.41) is 66.2. The van der Waals surface area contributed by atoms with Crippen molar-refractivity contribution in [1.29, 1.82) is 0 Å². The van der Waals surface area contributed by atoms with Gasteiger partial charge in [0, 0.05) is 75.9 Å². The van der Waals surface area contributed by atoms with Gasteiger partial charge in [-0.15, -0.1) is 40.4 Å². The van der Waals surface area contributed by atoms with Crippen molar-refractivity contribution in [2.45, 2.75) is 485 Å². The Hall–Kier alpha value is -6.75. The zero-order valence-electron chi connectivity index (χ0n) is 89.7. The average Bonchev–Trinajstić information content (AvgIpc) is 1.77. The highest BCUT2D eigenvalue weighted by Crippen LogP contribution is 2.20. The van der Waals surface area contributed by atoms with Crippen molar-refractivity contribution in [3.8, 4) is 0 Å². The van der Waals surface area contributed by atoms with E-state index in [0.29, 0.717) is 29.7 Å². The number of aromatic nitrogens is 21. The van der Waals surface area contributed by atoms with E-state index in [9.17, 15) is 0 Å². The van der Waals surface area contributed by atoms with Crippen molar-refractivity contribution in [3.05, 3.63) is 83.2 Å². The lowest BCUT2D eigenvalue weighted by molar-refractivity contribution is -0.532. The van der Waals surface area contributed by atoms with Crippen molar-refractivity contribution in [2.75, 3.05) is 6.54 Å². The van der Waals surface area contributed by atoms with E-state index in [1.54, 1.807) is 0 Å². The first-order valence-corrected chi connectivity index (χ1v) is 52.4. The third kappa shape index (κ3) is 68.9. The van der Waals surface area contributed by atoms with Crippen LogP contribution in [-0.4, -0.2) is 128 Å². The molecule has 0 radical (unpaired) electrons. The van der Waals surface area contributed by atoms with Gasteiger partial charge in [-0.05, 0) is 230 Å². The lowest BCUT2D eigenvalue weighted by atomic mass is 10.0. The van der Waals surface area contributed by atoms with Gasteiger partial charge in [0.05, 0.1) is 64.6 Å². The van der Waals surface area contributed by atoms with Crippen molar-refractivity contribution in [3.63, 3.8) is 0 Å². The summed E-state index contributed by atoms with van der Waals surface area (Å²) in [6.07, 6.45) is 56.5. The first-order valence-electron chi connectivity index (χ1n) is 52.4. The van der Waals surface area contributed by atoms with Crippen molar-refractivity contribution in [1.82, 2.24) is 105 Å². The normalized spacial score (nSPS) is 12.7. The molecule has 8 heterocycles. The lowest BCUT2D eigenvalue weighted by Crippen LogP contribution is -2.12. The van der Waals surface area contributed by atoms with Gasteiger partial charge in [-0.3, -0.25) is 14.0 Å². The topological polar surface area (TPSA) is 243 Å². The van der Waals surface area contributed by atoms with E-state index in [4.69, 9.17) is 0 Å². The van der Waals surface area contributed by atoms with Crippen LogP contribution in [0.15, 0.2) is 53.7 Å². The van der Waals surface area contributed by atoms with E-state index >= 15 is 0 Å². The van der Waals surface area contributed by atoms with E-state index in [2.05, 4.69) is 348 Å². The molecule has 0 aliphatic carbocycles. The summed E-state index contributed by atoms with van der Waals surface area (Å²) >= 11 is 0. The molecular weight excluding hydrogens is 1600 g/mol. The molecule has 0 N–H and O–H groups in total. The van der Waals surface area contributed by atoms with Crippen molar-refractivity contribution in [2.24, 2.45) is 105 Å². The van der Waals surface area contributed by atoms with Crippen LogP contribution in [0.1, 0.15) is 428 Å². The lowest BCUT2D eigenvalue weighted by Gasteiger charge is -2.08. The summed E-state index contributed by atoms with van der Waals surface area (Å²) in [5.74, 6) is 12.0. The molecule has 1 aliphatic rings. The van der Waals surface area contributed by atoms with Crippen LogP contribution in [0.4, 0.5) is 0 Å². The van der Waals surface area contributed by atoms with Gasteiger partial charge in [0.2, 0.25) is 6.04 Å². The molecule has 0 saturated carbocycles. The maximum Gasteiger partial charge on any atom is 0.222 e. The molecule has 7 aromatic heterocycles. The molecule has 0 amide bonds. The van der Waals surface area contributed by atoms with Crippen LogP contribution in [0.3, 0.4) is 0 Å². The van der Waals surface area contributed by atoms with Gasteiger partial charge < -0.3 is 0 Å². The fourth-order valence-electron chi connectivity index (χ4n) is 14.4. The molecule has 1 aliphatic heterocycles. The van der Waals surface area contributed by atoms with Crippen LogP contribution in [0.2, 0.25) is 0 Å². The van der Waals surface area contributed by atoms with Gasteiger partial charge in [0.1, 0.15) is 18.0 Å². The standard InChI is InChI=1S/C15H29N3.C14H27N3.4C13H25N3.C12H24N3.C12H23N3/c1-13(2)8-5-6-10-15-12-16-17-18(15)11-7-9-14(3)4;1-12(2)7-5-6-8-14-11-15-16-17(14)10-9-13(3)4;1-11(2)6-5-7-13-10-16(15-14-13)9-8-12(3)4;1-11(2)6-5-7-13-10-14-15-16(13)9-8-12(3)4;1-11(2)7-5-6-8-13-9-14-15-16(13)10-12(3)4;1-11(2)7-5-6-8-13-10-16(15-14-13)9-12(3)4;1-10(2)6-5-7-15-9-12(13-14-15)8-11(3)4;1-10(2)6-5-7-12-9-15(14-13-12)8-11(3)4/h12-14H,5-11H2,1-4H3;11-13H,5-10H2,1-4H3;2*10-12H,5-9H2,1-4H3;9,11-12H,5-8,10H2,1-4H3;10-12H,5-9H2,1-4H3;9-12H,5-8H2,1-4H3;9-11H,5-8H2,1-4H3/q;;;;;;+1;. The minimum atomic E-state index is 0.323. The van der Waals surface area contributed by atoms with Gasteiger partial charge in [-0.25, -0.2) is 18.7 Å². The number of aryl methyl sites for hydroxylation is 11. The zero-order valence-corrected chi connectivity index (χ0v) is 89.7. The zero-order chi connectivity index (χ0) is 96.4. The molecule has 0 aromatic carbocycles. The minimum Gasteiger partial charge on any atom is -0.252 e. The largest absolute Gasteiger partial charge is 0.252 e. The quantitative estimate of drug-likeness (QED) is 0.0254. The van der Waals surface area contributed by atoms with E-state index in [1.165, 1.54) is 183 Å². The van der Waals surface area contributed by atoms with Crippen LogP contribution in [0.25, 0.3) is 0 Å². The predicted octanol–water partition coefficient (Wildman–Crippen LogP) is 27.2. The monoisotopic (exact) mass is 1800 g/mol. The maximum atomic E-state index is 4.25. The highest BCUT2D eigenvalue weighted by atomic mass is 15.5. The van der Waals surface area contributed by atoms with E-state index in [0.717, 1.165) is 192 Å². The van der Waals surface area contributed by atoms with Crippen LogP contribution in [-0.2, 0) is 90.8 Å². The average molecular weight is 1800 g/mol. The first kappa shape index (κ1) is 120. The van der Waals surface area contributed by atoms with Gasteiger partial charge in [-0.2, -0.15) is 0 Å². The fourth-order valence-corrected chi connectivity index (χ4v) is 14.4. The van der Waals surface area contributed by atoms with Gasteiger partial charge in [0.25, 0.3) is 0 Å². The number of nitrogens with zero attached hydrogens (tertiary/aromatic N) is 24. The molecular formula is C105H203N24+. The summed E-state index contributed by atoms with van der Waals surface area (Å²) in [5.41, 5.74) is 8.61. The Bertz CT molecular complexity index is 3720. The molecule has 24 heteroatoms. The molecule has 24 nitrogen and oxygen atoms in total. The Labute approximate surface area is 791 Å². The Kier molecular flexibility index (Phi) is 68.7. The summed E-state index contributed by atoms with van der Waals surface area (Å²) in [4.78, 5) is 0. The molecule has 1 atom stereocenters. The maximum absolute atomic E-state index is 4.25. The summed E-state index contributed by atoms with van der Waals surface area (Å²) in [6, 6.07) is 0.323. The van der Waals surface area contributed by atoms with Gasteiger partial charge in [-0.1, -0.05) is 329 Å². The second kappa shape index (κ2) is 73.7. The molecule has 0 spiro atoms. The van der Waals surface area contributed by atoms with Crippen LogP contribution in [0.5, 0.6) is 0 Å². The van der Waals surface area contributed by atoms with Crippen LogP contribution >= 0.6 is 0 Å². The summed E-state index contributed by atoms with van der Waals surface area (Å²) in [6.45, 7) is 80.0. The highest BCUT2D eigenvalue weighted by Gasteiger charge is 2.23. The third-order valence-corrected chi connectivity index (χ3v) is 22.2. The Morgan fingerprint density at radius 3 is 0.884 bits per heavy atom. The summed E-state index contributed by atoms with van der Waals surface area (Å²) in [7, 11) is 0. The molecule has 1 unspecified atom stereocenters. The second-order valence-corrected chi connectivity index (χ2v) is 44.0. The third-order valence-electron chi connectivity index (χ3n) is 22.2. The molecule has 0 fully saturated rings. The van der Waals surface area contributed by atoms with Gasteiger partial charge in [0.15, 0.2) is 0 Å². The number of hydrogen-bond acceptors (Lipinski definition) is 16. The highest BCUT2D eigenvalue weighted by molar-refractivity contribution is 5.59. The SMILES string of the molecule is CC(C)CCCCc1cn(CC(C)C)nn1.CC(C)CCCCc1cnnn1CC(C)C.CC(C)CCCCc1cnnn1CCC(C)C.CC(C)CCCCc1cnnn1CCCC(C)C.CC(C)CCC[N+]1=CC(CC(C)C)N=N1.CC(C)CCCc1cn(CC(C)C)nn1.CC(C)CCCc1cn(CCC(C)C)nn1.CC(C)CCCc1cnnn1CCC(C)C. The smallest absolute Gasteiger partial charge is 0.222 e. The molecule has 742 valence electrons. The van der Waals surface area contributed by atoms with E-state index in [-0.39, 0.29) is 0 Å².